The first-order valence-electron chi connectivity index (χ1n) is 8.47. The van der Waals surface area contributed by atoms with Crippen LogP contribution < -0.4 is 5.32 Å². The Bertz CT molecular complexity index is 694. The summed E-state index contributed by atoms with van der Waals surface area (Å²) in [5.74, 6) is 0.0179. The minimum atomic E-state index is -0.408. The second-order valence-electron chi connectivity index (χ2n) is 5.72. The van der Waals surface area contributed by atoms with E-state index in [1.165, 1.54) is 6.92 Å². The van der Waals surface area contributed by atoms with E-state index < -0.39 is 6.04 Å². The van der Waals surface area contributed by atoms with E-state index in [0.717, 1.165) is 27.4 Å². The van der Waals surface area contributed by atoms with Gasteiger partial charge in [-0.15, -0.1) is 0 Å². The van der Waals surface area contributed by atoms with E-state index in [4.69, 9.17) is 0 Å². The Balaban J connectivity index is 0.00000139. The predicted molar refractivity (Wildman–Crippen MR) is 103 cm³/mol. The lowest BCUT2D eigenvalue weighted by molar-refractivity contribution is -0.127. The van der Waals surface area contributed by atoms with Gasteiger partial charge in [0, 0.05) is 21.6 Å². The smallest absolute Gasteiger partial charge is 0.225 e. The van der Waals surface area contributed by atoms with Gasteiger partial charge in [-0.2, -0.15) is 0 Å². The second kappa shape index (κ2) is 9.62. The first-order valence-corrected chi connectivity index (χ1v) is 9.27. The number of hydrogen-bond donors (Lipinski definition) is 2. The number of ketones is 1. The number of amides is 1. The van der Waals surface area contributed by atoms with Crippen molar-refractivity contribution >= 4 is 38.5 Å². The highest BCUT2D eigenvalue weighted by Crippen LogP contribution is 2.23. The summed E-state index contributed by atoms with van der Waals surface area (Å²) >= 11 is 3.45. The summed E-state index contributed by atoms with van der Waals surface area (Å²) in [6.07, 6.45) is 2.96. The molecule has 0 saturated heterocycles. The molecule has 5 heteroatoms. The SMILES string of the molecule is CC.CC[C@H](C)C(NC(=O)Cc1c[nH]c2ccc(Br)cc12)C(C)=O. The number of H-pyrrole nitrogens is 1. The molecule has 2 rings (SSSR count). The van der Waals surface area contributed by atoms with E-state index in [1.807, 2.05) is 52.1 Å². The van der Waals surface area contributed by atoms with Gasteiger partial charge in [0.2, 0.25) is 5.91 Å². The first kappa shape index (κ1) is 20.4. The van der Waals surface area contributed by atoms with E-state index in [-0.39, 0.29) is 24.0 Å². The average Bonchev–Trinajstić information content (AvgIpc) is 2.95. The summed E-state index contributed by atoms with van der Waals surface area (Å²) in [6.45, 7) is 9.53. The zero-order valence-corrected chi connectivity index (χ0v) is 16.7. The molecule has 4 nitrogen and oxygen atoms in total. The molecule has 2 aromatic rings. The minimum Gasteiger partial charge on any atom is -0.361 e. The van der Waals surface area contributed by atoms with E-state index in [9.17, 15) is 9.59 Å². The van der Waals surface area contributed by atoms with Gasteiger partial charge in [0.1, 0.15) is 0 Å². The number of Topliss-reactive ketones (excluding diaryl/α,β-unsaturated/α-hetero) is 1. The summed E-state index contributed by atoms with van der Waals surface area (Å²) in [5.41, 5.74) is 1.93. The van der Waals surface area contributed by atoms with Crippen molar-refractivity contribution in [3.05, 3.63) is 34.4 Å². The van der Waals surface area contributed by atoms with Gasteiger partial charge in [-0.05, 0) is 36.6 Å². The molecule has 2 atom stereocenters. The van der Waals surface area contributed by atoms with Crippen LogP contribution in [0.2, 0.25) is 0 Å². The van der Waals surface area contributed by atoms with Gasteiger partial charge in [-0.3, -0.25) is 9.59 Å². The molecule has 132 valence electrons. The summed E-state index contributed by atoms with van der Waals surface area (Å²) in [7, 11) is 0. The summed E-state index contributed by atoms with van der Waals surface area (Å²) in [6, 6.07) is 5.51. The molecular weight excluding hydrogens is 368 g/mol. The number of rotatable bonds is 6. The number of benzene rings is 1. The molecule has 1 aromatic carbocycles. The maximum Gasteiger partial charge on any atom is 0.225 e. The fourth-order valence-electron chi connectivity index (χ4n) is 2.57. The zero-order chi connectivity index (χ0) is 18.3. The standard InChI is InChI=1S/C17H21BrN2O2.C2H6/c1-4-10(2)17(11(3)21)20-16(22)7-12-9-19-15-6-5-13(18)8-14(12)15;1-2/h5-6,8-10,17,19H,4,7H2,1-3H3,(H,20,22);1-2H3/t10-,17?;/m0./s1. The van der Waals surface area contributed by atoms with Crippen LogP contribution in [0.5, 0.6) is 0 Å². The third-order valence-electron chi connectivity index (χ3n) is 4.05. The van der Waals surface area contributed by atoms with Gasteiger partial charge in [0.15, 0.2) is 5.78 Å². The number of nitrogens with one attached hydrogen (secondary N) is 2. The molecule has 0 saturated carbocycles. The number of aromatic nitrogens is 1. The van der Waals surface area contributed by atoms with Crippen molar-refractivity contribution in [1.29, 1.82) is 0 Å². The van der Waals surface area contributed by atoms with Crippen molar-refractivity contribution in [2.75, 3.05) is 0 Å². The fraction of sp³-hybridized carbons (Fsp3) is 0.474. The summed E-state index contributed by atoms with van der Waals surface area (Å²) in [4.78, 5) is 27.2. The highest BCUT2D eigenvalue weighted by molar-refractivity contribution is 9.10. The molecule has 0 spiro atoms. The van der Waals surface area contributed by atoms with Crippen molar-refractivity contribution < 1.29 is 9.59 Å². The van der Waals surface area contributed by atoms with E-state index >= 15 is 0 Å². The normalized spacial score (nSPS) is 12.9. The molecule has 24 heavy (non-hydrogen) atoms. The molecule has 0 fully saturated rings. The van der Waals surface area contributed by atoms with Crippen molar-refractivity contribution in [3.8, 4) is 0 Å². The minimum absolute atomic E-state index is 0.00405. The molecule has 0 radical (unpaired) electrons. The quantitative estimate of drug-likeness (QED) is 0.750. The number of fused-ring (bicyclic) bond motifs is 1. The van der Waals surface area contributed by atoms with Crippen LogP contribution in [0.15, 0.2) is 28.9 Å². The van der Waals surface area contributed by atoms with Crippen LogP contribution in [0, 0.1) is 5.92 Å². The van der Waals surface area contributed by atoms with Crippen LogP contribution in [0.1, 0.15) is 46.6 Å². The first-order chi connectivity index (χ1) is 11.4. The molecule has 0 aliphatic rings. The number of carbonyl (C=O) groups excluding carboxylic acids is 2. The van der Waals surface area contributed by atoms with E-state index in [0.29, 0.717) is 0 Å². The number of halogens is 1. The topological polar surface area (TPSA) is 62.0 Å². The summed E-state index contributed by atoms with van der Waals surface area (Å²) < 4.78 is 0.975. The van der Waals surface area contributed by atoms with E-state index in [2.05, 4.69) is 26.2 Å². The van der Waals surface area contributed by atoms with Crippen molar-refractivity contribution in [2.24, 2.45) is 5.92 Å². The van der Waals surface area contributed by atoms with Crippen LogP contribution in [0.3, 0.4) is 0 Å². The van der Waals surface area contributed by atoms with Gasteiger partial charge >= 0.3 is 0 Å². The molecule has 2 N–H and O–H groups in total. The number of hydrogen-bond acceptors (Lipinski definition) is 2. The second-order valence-corrected chi connectivity index (χ2v) is 6.64. The maximum atomic E-state index is 12.3. The monoisotopic (exact) mass is 394 g/mol. The Morgan fingerprint density at radius 1 is 1.29 bits per heavy atom. The molecule has 1 heterocycles. The van der Waals surface area contributed by atoms with Crippen LogP contribution in [-0.4, -0.2) is 22.7 Å². The average molecular weight is 395 g/mol. The fourth-order valence-corrected chi connectivity index (χ4v) is 2.94. The third kappa shape index (κ3) is 5.20. The van der Waals surface area contributed by atoms with Crippen molar-refractivity contribution in [3.63, 3.8) is 0 Å². The highest BCUT2D eigenvalue weighted by Gasteiger charge is 2.22. The van der Waals surface area contributed by atoms with Crippen LogP contribution in [0.4, 0.5) is 0 Å². The molecule has 0 aliphatic carbocycles. The molecule has 1 unspecified atom stereocenters. The van der Waals surface area contributed by atoms with Crippen LogP contribution in [-0.2, 0) is 16.0 Å². The molecule has 1 amide bonds. The lowest BCUT2D eigenvalue weighted by Gasteiger charge is -2.21. The maximum absolute atomic E-state index is 12.3. The van der Waals surface area contributed by atoms with Gasteiger partial charge in [0.05, 0.1) is 12.5 Å². The van der Waals surface area contributed by atoms with Crippen molar-refractivity contribution in [1.82, 2.24) is 10.3 Å². The van der Waals surface area contributed by atoms with Gasteiger partial charge in [-0.1, -0.05) is 50.0 Å². The Hall–Kier alpha value is -1.62. The predicted octanol–water partition coefficient (Wildman–Crippen LogP) is 4.62. The Kier molecular flexibility index (Phi) is 8.19. The lowest BCUT2D eigenvalue weighted by Crippen LogP contribution is -2.44. The Morgan fingerprint density at radius 3 is 2.54 bits per heavy atom. The summed E-state index contributed by atoms with van der Waals surface area (Å²) in [5, 5.41) is 3.89. The largest absolute Gasteiger partial charge is 0.361 e. The molecular formula is C19H27BrN2O2. The third-order valence-corrected chi connectivity index (χ3v) is 4.54. The zero-order valence-electron chi connectivity index (χ0n) is 15.1. The van der Waals surface area contributed by atoms with Gasteiger partial charge in [0.25, 0.3) is 0 Å². The highest BCUT2D eigenvalue weighted by atomic mass is 79.9. The van der Waals surface area contributed by atoms with Crippen molar-refractivity contribution in [2.45, 2.75) is 53.5 Å². The van der Waals surface area contributed by atoms with E-state index in [1.54, 1.807) is 0 Å². The Morgan fingerprint density at radius 2 is 1.96 bits per heavy atom. The number of carbonyl (C=O) groups is 2. The van der Waals surface area contributed by atoms with Gasteiger partial charge < -0.3 is 10.3 Å². The van der Waals surface area contributed by atoms with Crippen LogP contribution >= 0.6 is 15.9 Å². The lowest BCUT2D eigenvalue weighted by atomic mass is 9.96. The molecule has 1 aromatic heterocycles. The van der Waals surface area contributed by atoms with Gasteiger partial charge in [-0.25, -0.2) is 0 Å². The van der Waals surface area contributed by atoms with Crippen LogP contribution in [0.25, 0.3) is 10.9 Å². The molecule has 0 aliphatic heterocycles. The number of aromatic amines is 1. The Labute approximate surface area is 152 Å². The molecule has 0 bridgehead atoms.